The van der Waals surface area contributed by atoms with Gasteiger partial charge in [-0.2, -0.15) is 4.31 Å². The van der Waals surface area contributed by atoms with Crippen LogP contribution in [0.3, 0.4) is 0 Å². The van der Waals surface area contributed by atoms with Crippen LogP contribution < -0.4 is 14.8 Å². The fourth-order valence-corrected chi connectivity index (χ4v) is 11.7. The van der Waals surface area contributed by atoms with E-state index in [2.05, 4.69) is 36.2 Å². The van der Waals surface area contributed by atoms with Crippen LogP contribution in [0.2, 0.25) is 0 Å². The molecule has 4 aromatic carbocycles. The summed E-state index contributed by atoms with van der Waals surface area (Å²) >= 11 is 0. The number of benzene rings is 4. The minimum absolute atomic E-state index is 0.0136. The third-order valence-corrected chi connectivity index (χ3v) is 14.5. The SMILES string of the molecule is C=CCOC12Oc3ccc(Oc4ccc5ccccc5c4)cc3C3C(CCCCO)C(CCCCO)C=C(C(=NOC(C)(C)C)CC1N(CCC)S(=O)(=O)c1ccc(NC(C)=O)cc1)C32. The van der Waals surface area contributed by atoms with Gasteiger partial charge in [0.05, 0.1) is 29.2 Å². The van der Waals surface area contributed by atoms with Crippen molar-refractivity contribution in [3.05, 3.63) is 115 Å². The van der Waals surface area contributed by atoms with Crippen molar-refractivity contribution in [2.24, 2.45) is 22.9 Å². The second-order valence-corrected chi connectivity index (χ2v) is 20.3. The van der Waals surface area contributed by atoms with Gasteiger partial charge in [-0.05, 0) is 136 Å². The summed E-state index contributed by atoms with van der Waals surface area (Å²) in [4.78, 5) is 18.2. The van der Waals surface area contributed by atoms with Gasteiger partial charge in [-0.3, -0.25) is 4.79 Å². The first-order chi connectivity index (χ1) is 31.2. The molecule has 348 valence electrons. The fourth-order valence-electron chi connectivity index (χ4n) is 9.96. The molecule has 13 heteroatoms. The quantitative estimate of drug-likeness (QED) is 0.0446. The molecule has 1 aliphatic heterocycles. The predicted octanol–water partition coefficient (Wildman–Crippen LogP) is 10.1. The molecule has 4 aromatic rings. The molecule has 1 fully saturated rings. The standard InChI is InChI=1S/C52H65N3O9S/c1-7-27-55(65(59,60)42-24-20-39(21-25-42)53-35(3)58)48-34-46(54-64-51(4,5)6)44-32-38(17-11-13-28-56)43(18-12-14-29-57)49-45-33-41(62-40-22-19-36-15-9-10-16-37(36)31-40)23-26-47(45)63-52(48,50(44)49)61-30-8-2/h8-10,15-16,19-26,31-33,38,43,48-50,56-57H,2,7,11-14,17-18,27-30,34H2,1,3-6H3,(H,53,58). The summed E-state index contributed by atoms with van der Waals surface area (Å²) in [6, 6.07) is 25.3. The van der Waals surface area contributed by atoms with E-state index < -0.39 is 33.4 Å². The molecular formula is C52H65N3O9S. The van der Waals surface area contributed by atoms with Crippen LogP contribution in [-0.4, -0.2) is 78.4 Å². The average molecular weight is 908 g/mol. The van der Waals surface area contributed by atoms with Crippen molar-refractivity contribution in [3.8, 4) is 17.2 Å². The van der Waals surface area contributed by atoms with E-state index in [-0.39, 0.29) is 61.3 Å². The summed E-state index contributed by atoms with van der Waals surface area (Å²) in [5, 5.41) is 29.8. The number of hydrogen-bond donors (Lipinski definition) is 3. The Morgan fingerprint density at radius 2 is 1.65 bits per heavy atom. The lowest BCUT2D eigenvalue weighted by Gasteiger charge is -2.59. The lowest BCUT2D eigenvalue weighted by atomic mass is 9.55. The number of fused-ring (bicyclic) bond motifs is 3. The van der Waals surface area contributed by atoms with Gasteiger partial charge in [0.2, 0.25) is 21.7 Å². The Morgan fingerprint density at radius 3 is 2.32 bits per heavy atom. The Morgan fingerprint density at radius 1 is 0.954 bits per heavy atom. The first-order valence-corrected chi connectivity index (χ1v) is 24.5. The number of amides is 1. The number of carbonyl (C=O) groups excluding carboxylic acids is 1. The maximum atomic E-state index is 15.3. The van der Waals surface area contributed by atoms with E-state index in [0.29, 0.717) is 47.9 Å². The summed E-state index contributed by atoms with van der Waals surface area (Å²) in [6.07, 6.45) is 8.94. The molecule has 0 saturated heterocycles. The third-order valence-electron chi connectivity index (χ3n) is 12.6. The molecule has 7 rings (SSSR count). The number of nitrogens with one attached hydrogen (secondary N) is 1. The van der Waals surface area contributed by atoms with Gasteiger partial charge < -0.3 is 34.6 Å². The minimum atomic E-state index is -4.26. The monoisotopic (exact) mass is 907 g/mol. The highest BCUT2D eigenvalue weighted by atomic mass is 32.2. The van der Waals surface area contributed by atoms with Crippen molar-refractivity contribution in [1.82, 2.24) is 4.31 Å². The first-order valence-electron chi connectivity index (χ1n) is 23.1. The predicted molar refractivity (Wildman–Crippen MR) is 255 cm³/mol. The van der Waals surface area contributed by atoms with Crippen LogP contribution in [-0.2, 0) is 24.4 Å². The van der Waals surface area contributed by atoms with E-state index >= 15 is 8.42 Å². The number of hydrogen-bond acceptors (Lipinski definition) is 10. The van der Waals surface area contributed by atoms with Crippen LogP contribution in [0.15, 0.2) is 119 Å². The largest absolute Gasteiger partial charge is 0.460 e. The van der Waals surface area contributed by atoms with Crippen LogP contribution in [0.25, 0.3) is 10.8 Å². The zero-order valence-electron chi connectivity index (χ0n) is 38.4. The molecule has 0 radical (unpaired) electrons. The first kappa shape index (κ1) is 47.9. The van der Waals surface area contributed by atoms with E-state index in [0.717, 1.165) is 47.6 Å². The highest BCUT2D eigenvalue weighted by molar-refractivity contribution is 7.89. The molecule has 0 aromatic heterocycles. The molecule has 3 N–H and O–H groups in total. The number of allylic oxidation sites excluding steroid dienone is 1. The molecule has 2 aliphatic carbocycles. The molecule has 6 atom stereocenters. The maximum Gasteiger partial charge on any atom is 0.243 e. The van der Waals surface area contributed by atoms with Crippen LogP contribution in [0.1, 0.15) is 97.5 Å². The lowest BCUT2D eigenvalue weighted by Crippen LogP contribution is -2.70. The number of anilines is 1. The lowest BCUT2D eigenvalue weighted by molar-refractivity contribution is -0.251. The Bertz CT molecular complexity index is 2480. The van der Waals surface area contributed by atoms with Crippen LogP contribution >= 0.6 is 0 Å². The van der Waals surface area contributed by atoms with E-state index in [1.807, 2.05) is 70.2 Å². The van der Waals surface area contributed by atoms with Gasteiger partial charge in [0, 0.05) is 50.3 Å². The maximum absolute atomic E-state index is 15.3. The number of sulfonamides is 1. The van der Waals surface area contributed by atoms with Gasteiger partial charge in [0.25, 0.3) is 0 Å². The van der Waals surface area contributed by atoms with Crippen molar-refractivity contribution in [3.63, 3.8) is 0 Å². The number of nitrogens with zero attached hydrogens (tertiary/aromatic N) is 2. The number of aliphatic hydroxyl groups excluding tert-OH is 2. The molecule has 12 nitrogen and oxygen atoms in total. The van der Waals surface area contributed by atoms with Gasteiger partial charge in [0.15, 0.2) is 0 Å². The summed E-state index contributed by atoms with van der Waals surface area (Å²) in [5.41, 5.74) is 2.23. The summed E-state index contributed by atoms with van der Waals surface area (Å²) in [5.74, 6) is -0.843. The van der Waals surface area contributed by atoms with Crippen molar-refractivity contribution in [2.45, 2.75) is 114 Å². The topological polar surface area (TPSA) is 156 Å². The van der Waals surface area contributed by atoms with Crippen LogP contribution in [0.5, 0.6) is 17.2 Å². The van der Waals surface area contributed by atoms with Crippen molar-refractivity contribution in [1.29, 1.82) is 0 Å². The second kappa shape index (κ2) is 20.6. The number of oxime groups is 1. The molecule has 1 amide bonds. The summed E-state index contributed by atoms with van der Waals surface area (Å²) in [7, 11) is -4.26. The summed E-state index contributed by atoms with van der Waals surface area (Å²) in [6.45, 7) is 13.5. The second-order valence-electron chi connectivity index (χ2n) is 18.4. The molecule has 0 bridgehead atoms. The number of unbranched alkanes of at least 4 members (excludes halogenated alkanes) is 2. The number of ether oxygens (including phenoxy) is 3. The van der Waals surface area contributed by atoms with Gasteiger partial charge in [-0.1, -0.05) is 67.4 Å². The normalized spacial score (nSPS) is 23.3. The van der Waals surface area contributed by atoms with Crippen LogP contribution in [0.4, 0.5) is 5.69 Å². The molecule has 65 heavy (non-hydrogen) atoms. The highest BCUT2D eigenvalue weighted by Gasteiger charge is 2.66. The molecule has 1 saturated carbocycles. The molecule has 1 heterocycles. The summed E-state index contributed by atoms with van der Waals surface area (Å²) < 4.78 is 53.1. The smallest absolute Gasteiger partial charge is 0.243 e. The highest BCUT2D eigenvalue weighted by Crippen LogP contribution is 2.62. The zero-order valence-corrected chi connectivity index (χ0v) is 39.2. The molecule has 3 aliphatic rings. The van der Waals surface area contributed by atoms with E-state index in [1.54, 1.807) is 18.2 Å². The van der Waals surface area contributed by atoms with Gasteiger partial charge in [-0.15, -0.1) is 6.58 Å². The van der Waals surface area contributed by atoms with Crippen LogP contribution in [0, 0.1) is 17.8 Å². The van der Waals surface area contributed by atoms with E-state index in [1.165, 1.54) is 23.4 Å². The Kier molecular flexibility index (Phi) is 15.2. The third kappa shape index (κ3) is 10.5. The number of carbonyl (C=O) groups is 1. The molecule has 6 unspecified atom stereocenters. The molecular weight excluding hydrogens is 843 g/mol. The fraction of sp³-hybridized carbons (Fsp3) is 0.462. The Labute approximate surface area is 384 Å². The number of rotatable bonds is 20. The number of aliphatic hydroxyl groups is 2. The average Bonchev–Trinajstić information content (AvgIpc) is 3.27. The van der Waals surface area contributed by atoms with Crippen molar-refractivity contribution < 1.29 is 42.5 Å². The van der Waals surface area contributed by atoms with Gasteiger partial charge >= 0.3 is 0 Å². The van der Waals surface area contributed by atoms with Gasteiger partial charge in [0.1, 0.15) is 22.8 Å². The van der Waals surface area contributed by atoms with Crippen molar-refractivity contribution in [2.75, 3.05) is 31.7 Å². The van der Waals surface area contributed by atoms with E-state index in [9.17, 15) is 15.0 Å². The molecule has 0 spiro atoms. The minimum Gasteiger partial charge on any atom is -0.460 e. The van der Waals surface area contributed by atoms with Gasteiger partial charge in [-0.25, -0.2) is 8.42 Å². The zero-order chi connectivity index (χ0) is 46.4. The Hall–Kier alpha value is -5.05. The van der Waals surface area contributed by atoms with Crippen molar-refractivity contribution >= 4 is 38.1 Å². The Balaban J connectivity index is 1.46. The van der Waals surface area contributed by atoms with E-state index in [4.69, 9.17) is 24.2 Å².